The Balaban J connectivity index is 1.94. The third-order valence-corrected chi connectivity index (χ3v) is 8.79. The normalized spacial score (nSPS) is 31.6. The second-order valence-electron chi connectivity index (χ2n) is 9.96. The van der Waals surface area contributed by atoms with Gasteiger partial charge in [0.25, 0.3) is 0 Å². The summed E-state index contributed by atoms with van der Waals surface area (Å²) in [6, 6.07) is 7.16. The summed E-state index contributed by atoms with van der Waals surface area (Å²) in [5, 5.41) is 8.90. The molecule has 0 unspecified atom stereocenters. The molecule has 0 saturated heterocycles. The van der Waals surface area contributed by atoms with E-state index in [4.69, 9.17) is 5.11 Å². The quantitative estimate of drug-likeness (QED) is 0.234. The first kappa shape index (κ1) is 20.6. The number of hydrogen-bond donors (Lipinski definition) is 1. The first-order valence-electron chi connectivity index (χ1n) is 9.76. The Hall–Kier alpha value is -1.10. The molecule has 0 heterocycles. The molecule has 0 aromatic heterocycles. The van der Waals surface area contributed by atoms with E-state index in [-0.39, 0.29) is 19.7 Å². The number of alkyl halides is 1. The molecule has 0 radical (unpaired) electrons. The summed E-state index contributed by atoms with van der Waals surface area (Å²) in [5.74, 6) is -0.891. The van der Waals surface area contributed by atoms with E-state index in [1.165, 1.54) is 35.6 Å². The minimum atomic E-state index is -0.891. The van der Waals surface area contributed by atoms with Crippen molar-refractivity contribution in [1.82, 2.24) is 0 Å². The van der Waals surface area contributed by atoms with Crippen molar-refractivity contribution in [2.24, 2.45) is 0 Å². The molecule has 0 aliphatic heterocycles. The molecule has 3 heteroatoms. The van der Waals surface area contributed by atoms with Crippen LogP contribution in [-0.4, -0.2) is 14.5 Å². The van der Waals surface area contributed by atoms with Crippen LogP contribution in [0.15, 0.2) is 42.0 Å². The Kier molecular flexibility index (Phi) is 4.94. The largest absolute Gasteiger partial charge is 0.478 e. The predicted octanol–water partition coefficient (Wildman–Crippen LogP) is 6.46. The zero-order valence-corrected chi connectivity index (χ0v) is 19.5. The molecular weight excluding hydrogens is 447 g/mol. The summed E-state index contributed by atoms with van der Waals surface area (Å²) in [6.07, 6.45) is 8.95. The van der Waals surface area contributed by atoms with Gasteiger partial charge in [-0.05, 0) is 59.3 Å². The molecule has 0 bridgehead atoms. The monoisotopic (exact) mass is 478 g/mol. The van der Waals surface area contributed by atoms with E-state index >= 15 is 0 Å². The highest BCUT2D eigenvalue weighted by atomic mass is 127. The maximum atomic E-state index is 10.8. The van der Waals surface area contributed by atoms with Gasteiger partial charge in [0.2, 0.25) is 0 Å². The minimum Gasteiger partial charge on any atom is -0.478 e. The van der Waals surface area contributed by atoms with Crippen LogP contribution in [-0.2, 0) is 21.0 Å². The summed E-state index contributed by atoms with van der Waals surface area (Å²) in [4.78, 5) is 10.8. The molecule has 3 rings (SSSR count). The van der Waals surface area contributed by atoms with Crippen molar-refractivity contribution in [1.29, 1.82) is 0 Å². The van der Waals surface area contributed by atoms with Crippen molar-refractivity contribution in [3.05, 3.63) is 58.7 Å². The van der Waals surface area contributed by atoms with Crippen LogP contribution in [0.5, 0.6) is 0 Å². The van der Waals surface area contributed by atoms with Crippen molar-refractivity contribution in [2.45, 2.75) is 80.5 Å². The van der Waals surface area contributed by atoms with E-state index in [1.54, 1.807) is 0 Å². The minimum absolute atomic E-state index is 0.0426. The molecule has 146 valence electrons. The second-order valence-corrected chi connectivity index (χ2v) is 11.9. The van der Waals surface area contributed by atoms with Crippen LogP contribution in [0.1, 0.15) is 77.5 Å². The number of carboxylic acids is 1. The number of aliphatic carboxylic acids is 1. The van der Waals surface area contributed by atoms with E-state index in [1.807, 2.05) is 13.0 Å². The second kappa shape index (κ2) is 6.47. The first-order chi connectivity index (χ1) is 12.3. The fourth-order valence-corrected chi connectivity index (χ4v) is 5.75. The van der Waals surface area contributed by atoms with Crippen molar-refractivity contribution in [3.63, 3.8) is 0 Å². The van der Waals surface area contributed by atoms with Gasteiger partial charge in [0.1, 0.15) is 0 Å². The Labute approximate surface area is 177 Å². The Morgan fingerprint density at radius 1 is 1.07 bits per heavy atom. The molecular formula is C24H31IO2. The van der Waals surface area contributed by atoms with Crippen LogP contribution < -0.4 is 0 Å². The summed E-state index contributed by atoms with van der Waals surface area (Å²) >= 11 is 2.55. The molecule has 1 fully saturated rings. The van der Waals surface area contributed by atoms with Gasteiger partial charge in [0.05, 0.1) is 3.42 Å². The molecule has 1 N–H and O–H groups in total. The van der Waals surface area contributed by atoms with Crippen molar-refractivity contribution in [3.8, 4) is 0 Å². The number of halogens is 1. The van der Waals surface area contributed by atoms with Crippen LogP contribution in [0.3, 0.4) is 0 Å². The highest BCUT2D eigenvalue weighted by Crippen LogP contribution is 2.65. The van der Waals surface area contributed by atoms with Gasteiger partial charge in [0, 0.05) is 11.5 Å². The highest BCUT2D eigenvalue weighted by Gasteiger charge is 2.62. The van der Waals surface area contributed by atoms with Gasteiger partial charge in [0.15, 0.2) is 0 Å². The van der Waals surface area contributed by atoms with Crippen LogP contribution >= 0.6 is 22.6 Å². The molecule has 2 atom stereocenters. The molecule has 0 amide bonds. The van der Waals surface area contributed by atoms with Crippen LogP contribution in [0.2, 0.25) is 0 Å². The van der Waals surface area contributed by atoms with Crippen molar-refractivity contribution >= 4 is 28.6 Å². The lowest BCUT2D eigenvalue weighted by molar-refractivity contribution is -0.131. The number of rotatable bonds is 4. The molecule has 2 aliphatic carbocycles. The molecule has 2 aliphatic rings. The number of fused-ring (bicyclic) bond motifs is 1. The van der Waals surface area contributed by atoms with Crippen LogP contribution in [0.25, 0.3) is 0 Å². The SMILES string of the molecule is CC(/C=C/[C@]1(I)C[C@]1(C)c1ccc2c(c1)C(C)(C)CCC2(C)C)=C\C(=O)O. The van der Waals surface area contributed by atoms with E-state index in [0.29, 0.717) is 0 Å². The van der Waals surface area contributed by atoms with E-state index < -0.39 is 5.97 Å². The predicted molar refractivity (Wildman–Crippen MR) is 121 cm³/mol. The third-order valence-electron chi connectivity index (χ3n) is 6.85. The molecule has 27 heavy (non-hydrogen) atoms. The van der Waals surface area contributed by atoms with Crippen LogP contribution in [0.4, 0.5) is 0 Å². The first-order valence-corrected chi connectivity index (χ1v) is 10.8. The van der Waals surface area contributed by atoms with Gasteiger partial charge in [-0.3, -0.25) is 0 Å². The van der Waals surface area contributed by atoms with Crippen LogP contribution in [0, 0.1) is 0 Å². The number of hydrogen-bond acceptors (Lipinski definition) is 1. The van der Waals surface area contributed by atoms with Crippen molar-refractivity contribution < 1.29 is 9.90 Å². The fraction of sp³-hybridized carbons (Fsp3) is 0.542. The Bertz CT molecular complexity index is 846. The van der Waals surface area contributed by atoms with Crippen molar-refractivity contribution in [2.75, 3.05) is 0 Å². The molecule has 1 aromatic rings. The summed E-state index contributed by atoms with van der Waals surface area (Å²) in [7, 11) is 0. The van der Waals surface area contributed by atoms with Gasteiger partial charge in [-0.1, -0.05) is 87.6 Å². The average Bonchev–Trinajstić information content (AvgIpc) is 3.13. The van der Waals surface area contributed by atoms with Gasteiger partial charge in [-0.15, -0.1) is 0 Å². The number of carboxylic acid groups (broad SMARTS) is 1. The fourth-order valence-electron chi connectivity index (χ4n) is 4.49. The molecule has 1 aromatic carbocycles. The maximum Gasteiger partial charge on any atom is 0.328 e. The Morgan fingerprint density at radius 3 is 2.26 bits per heavy atom. The van der Waals surface area contributed by atoms with E-state index in [0.717, 1.165) is 12.0 Å². The molecule has 1 saturated carbocycles. The lowest BCUT2D eigenvalue weighted by Gasteiger charge is -2.42. The van der Waals surface area contributed by atoms with Gasteiger partial charge < -0.3 is 5.11 Å². The third kappa shape index (κ3) is 3.64. The molecule has 0 spiro atoms. The van der Waals surface area contributed by atoms with E-state index in [2.05, 4.69) is 81.5 Å². The highest BCUT2D eigenvalue weighted by molar-refractivity contribution is 14.1. The summed E-state index contributed by atoms with van der Waals surface area (Å²) < 4.78 is 0.0426. The van der Waals surface area contributed by atoms with Gasteiger partial charge >= 0.3 is 5.97 Å². The standard InChI is InChI=1S/C24H31IO2/c1-16(13-20(26)27)9-10-24(25)15-23(24,6)17-7-8-18-19(14-17)22(4,5)12-11-21(18,2)3/h7-10,13-14H,11-12,15H2,1-6H3,(H,26,27)/b10-9+,16-13+/t23-,24+/m1/s1. The number of benzene rings is 1. The summed E-state index contributed by atoms with van der Waals surface area (Å²) in [5.41, 5.74) is 5.76. The van der Waals surface area contributed by atoms with Gasteiger partial charge in [-0.25, -0.2) is 4.79 Å². The number of carbonyl (C=O) groups is 1. The zero-order valence-electron chi connectivity index (χ0n) is 17.3. The maximum absolute atomic E-state index is 10.8. The smallest absolute Gasteiger partial charge is 0.328 e. The lowest BCUT2D eigenvalue weighted by Crippen LogP contribution is -2.34. The Morgan fingerprint density at radius 2 is 1.67 bits per heavy atom. The molecule has 2 nitrogen and oxygen atoms in total. The number of allylic oxidation sites excluding steroid dienone is 3. The summed E-state index contributed by atoms with van der Waals surface area (Å²) in [6.45, 7) is 13.6. The van der Waals surface area contributed by atoms with Gasteiger partial charge in [-0.2, -0.15) is 0 Å². The average molecular weight is 478 g/mol. The lowest BCUT2D eigenvalue weighted by atomic mass is 9.62. The zero-order chi connectivity index (χ0) is 20.3. The van der Waals surface area contributed by atoms with E-state index in [9.17, 15) is 4.79 Å². The topological polar surface area (TPSA) is 37.3 Å².